The molecule has 2 heteroatoms. The largest absolute Gasteiger partial charge is 0.390 e. The molecule has 0 heterocycles. The molecule has 0 aromatic rings. The molecule has 1 unspecified atom stereocenters. The Morgan fingerprint density at radius 2 is 2.10 bits per heavy atom. The van der Waals surface area contributed by atoms with E-state index < -0.39 is 0 Å². The van der Waals surface area contributed by atoms with Gasteiger partial charge in [0, 0.05) is 7.11 Å². The average molecular weight is 144 g/mol. The summed E-state index contributed by atoms with van der Waals surface area (Å²) in [6, 6.07) is 0. The number of ether oxygens (including phenoxy) is 1. The second kappa shape index (κ2) is 3.35. The predicted octanol–water partition coefficient (Wildman–Crippen LogP) is 1.18. The summed E-state index contributed by atoms with van der Waals surface area (Å²) in [5.74, 6) is 0.716. The van der Waals surface area contributed by atoms with Crippen LogP contribution in [0.5, 0.6) is 0 Å². The molecule has 60 valence electrons. The third kappa shape index (κ3) is 1.70. The molecule has 0 aromatic heterocycles. The summed E-state index contributed by atoms with van der Waals surface area (Å²) in [5.41, 5.74) is 0. The van der Waals surface area contributed by atoms with Crippen molar-refractivity contribution in [2.24, 2.45) is 5.92 Å². The van der Waals surface area contributed by atoms with E-state index in [9.17, 15) is 5.11 Å². The fourth-order valence-corrected chi connectivity index (χ4v) is 1.57. The van der Waals surface area contributed by atoms with Crippen molar-refractivity contribution in [2.75, 3.05) is 7.11 Å². The lowest BCUT2D eigenvalue weighted by molar-refractivity contribution is -0.0481. The highest BCUT2D eigenvalue weighted by molar-refractivity contribution is 4.77. The van der Waals surface area contributed by atoms with Crippen LogP contribution in [0.4, 0.5) is 0 Å². The van der Waals surface area contributed by atoms with Crippen LogP contribution in [0.2, 0.25) is 0 Å². The molecule has 1 rings (SSSR count). The molecule has 1 N–H and O–H groups in total. The lowest BCUT2D eigenvalue weighted by Crippen LogP contribution is -2.34. The van der Waals surface area contributed by atoms with E-state index in [-0.39, 0.29) is 12.2 Å². The molecular weight excluding hydrogens is 128 g/mol. The Balaban J connectivity index is 2.38. The van der Waals surface area contributed by atoms with Gasteiger partial charge >= 0.3 is 0 Å². The van der Waals surface area contributed by atoms with E-state index in [1.807, 2.05) is 0 Å². The maximum Gasteiger partial charge on any atom is 0.0832 e. The van der Waals surface area contributed by atoms with Crippen molar-refractivity contribution in [1.29, 1.82) is 0 Å². The number of hydrogen-bond donors (Lipinski definition) is 1. The molecule has 2 nitrogen and oxygen atoms in total. The van der Waals surface area contributed by atoms with E-state index in [0.29, 0.717) is 5.92 Å². The molecule has 0 saturated heterocycles. The fraction of sp³-hybridized carbons (Fsp3) is 1.00. The van der Waals surface area contributed by atoms with Crippen molar-refractivity contribution in [2.45, 2.75) is 38.4 Å². The second-order valence-corrected chi connectivity index (χ2v) is 3.26. The molecule has 0 spiro atoms. The minimum Gasteiger partial charge on any atom is -0.390 e. The molecule has 1 fully saturated rings. The molecule has 10 heavy (non-hydrogen) atoms. The minimum absolute atomic E-state index is 0.0868. The Bertz CT molecular complexity index is 103. The first-order chi connectivity index (χ1) is 4.74. The van der Waals surface area contributed by atoms with Gasteiger partial charge in [0.15, 0.2) is 0 Å². The van der Waals surface area contributed by atoms with Crippen molar-refractivity contribution >= 4 is 0 Å². The molecule has 1 saturated carbocycles. The molecule has 1 aliphatic rings. The number of methoxy groups -OCH3 is 1. The van der Waals surface area contributed by atoms with Crippen molar-refractivity contribution in [3.63, 3.8) is 0 Å². The molecule has 1 aliphatic carbocycles. The summed E-state index contributed by atoms with van der Waals surface area (Å²) in [6.45, 7) is 2.21. The average Bonchev–Trinajstić information content (AvgIpc) is 1.94. The highest BCUT2D eigenvalue weighted by Crippen LogP contribution is 2.25. The van der Waals surface area contributed by atoms with Gasteiger partial charge in [-0.05, 0) is 25.2 Å². The van der Waals surface area contributed by atoms with Gasteiger partial charge in [0.2, 0.25) is 0 Å². The maximum absolute atomic E-state index is 9.36. The summed E-state index contributed by atoms with van der Waals surface area (Å²) in [6.07, 6.45) is 2.92. The molecule has 0 amide bonds. The summed E-state index contributed by atoms with van der Waals surface area (Å²) in [7, 11) is 1.67. The summed E-state index contributed by atoms with van der Waals surface area (Å²) < 4.78 is 5.12. The number of aliphatic hydroxyl groups is 1. The predicted molar refractivity (Wildman–Crippen MR) is 39.8 cm³/mol. The molecule has 0 aliphatic heterocycles. The van der Waals surface area contributed by atoms with Crippen molar-refractivity contribution in [1.82, 2.24) is 0 Å². The van der Waals surface area contributed by atoms with Crippen LogP contribution in [0, 0.1) is 5.92 Å². The molecule has 0 radical (unpaired) electrons. The zero-order chi connectivity index (χ0) is 7.56. The van der Waals surface area contributed by atoms with Crippen LogP contribution in [0.25, 0.3) is 0 Å². The third-order valence-electron chi connectivity index (χ3n) is 2.32. The first kappa shape index (κ1) is 8.02. The maximum atomic E-state index is 9.36. The van der Waals surface area contributed by atoms with E-state index >= 15 is 0 Å². The van der Waals surface area contributed by atoms with Crippen molar-refractivity contribution in [3.8, 4) is 0 Å². The fourth-order valence-electron chi connectivity index (χ4n) is 1.57. The van der Waals surface area contributed by atoms with Gasteiger partial charge in [-0.15, -0.1) is 0 Å². The third-order valence-corrected chi connectivity index (χ3v) is 2.32. The molecule has 0 aromatic carbocycles. The van der Waals surface area contributed by atoms with E-state index in [1.165, 1.54) is 0 Å². The SMILES string of the molecule is COC1C[C@@H](C)CC[C@H]1O. The van der Waals surface area contributed by atoms with Crippen LogP contribution in [0.3, 0.4) is 0 Å². The van der Waals surface area contributed by atoms with E-state index in [2.05, 4.69) is 6.92 Å². The smallest absolute Gasteiger partial charge is 0.0832 e. The summed E-state index contributed by atoms with van der Waals surface area (Å²) in [5, 5.41) is 9.36. The molecular formula is C8H16O2. The lowest BCUT2D eigenvalue weighted by Gasteiger charge is -2.30. The van der Waals surface area contributed by atoms with Gasteiger partial charge in [-0.1, -0.05) is 6.92 Å². The van der Waals surface area contributed by atoms with Crippen LogP contribution >= 0.6 is 0 Å². The van der Waals surface area contributed by atoms with Crippen LogP contribution in [-0.2, 0) is 4.74 Å². The van der Waals surface area contributed by atoms with Gasteiger partial charge in [0.1, 0.15) is 0 Å². The Morgan fingerprint density at radius 3 is 2.60 bits per heavy atom. The Hall–Kier alpha value is -0.0800. The van der Waals surface area contributed by atoms with Crippen LogP contribution < -0.4 is 0 Å². The highest BCUT2D eigenvalue weighted by Gasteiger charge is 2.26. The number of hydrogen-bond acceptors (Lipinski definition) is 2. The first-order valence-electron chi connectivity index (χ1n) is 3.95. The number of rotatable bonds is 1. The Morgan fingerprint density at radius 1 is 1.40 bits per heavy atom. The van der Waals surface area contributed by atoms with Gasteiger partial charge in [0.05, 0.1) is 12.2 Å². The van der Waals surface area contributed by atoms with Crippen molar-refractivity contribution in [3.05, 3.63) is 0 Å². The van der Waals surface area contributed by atoms with Gasteiger partial charge < -0.3 is 9.84 Å². The lowest BCUT2D eigenvalue weighted by atomic mass is 9.87. The highest BCUT2D eigenvalue weighted by atomic mass is 16.5. The van der Waals surface area contributed by atoms with Gasteiger partial charge in [-0.2, -0.15) is 0 Å². The van der Waals surface area contributed by atoms with E-state index in [4.69, 9.17) is 4.74 Å². The molecule has 3 atom stereocenters. The minimum atomic E-state index is -0.221. The van der Waals surface area contributed by atoms with Crippen LogP contribution in [0.1, 0.15) is 26.2 Å². The number of aliphatic hydroxyl groups excluding tert-OH is 1. The normalized spacial score (nSPS) is 41.7. The topological polar surface area (TPSA) is 29.5 Å². The van der Waals surface area contributed by atoms with Gasteiger partial charge in [0.25, 0.3) is 0 Å². The monoisotopic (exact) mass is 144 g/mol. The second-order valence-electron chi connectivity index (χ2n) is 3.26. The van der Waals surface area contributed by atoms with Crippen molar-refractivity contribution < 1.29 is 9.84 Å². The Labute approximate surface area is 62.2 Å². The Kier molecular flexibility index (Phi) is 2.69. The van der Waals surface area contributed by atoms with E-state index in [1.54, 1.807) is 7.11 Å². The summed E-state index contributed by atoms with van der Waals surface area (Å²) in [4.78, 5) is 0. The zero-order valence-corrected chi connectivity index (χ0v) is 6.71. The summed E-state index contributed by atoms with van der Waals surface area (Å²) >= 11 is 0. The first-order valence-corrected chi connectivity index (χ1v) is 3.95. The van der Waals surface area contributed by atoms with Gasteiger partial charge in [-0.25, -0.2) is 0 Å². The quantitative estimate of drug-likeness (QED) is 0.599. The zero-order valence-electron chi connectivity index (χ0n) is 6.71. The van der Waals surface area contributed by atoms with Crippen LogP contribution in [-0.4, -0.2) is 24.4 Å². The van der Waals surface area contributed by atoms with E-state index in [0.717, 1.165) is 19.3 Å². The standard InChI is InChI=1S/C8H16O2/c1-6-3-4-7(9)8(5-6)10-2/h6-9H,3-5H2,1-2H3/t6-,7+,8?/m0/s1. The molecule has 0 bridgehead atoms. The van der Waals surface area contributed by atoms with Crippen LogP contribution in [0.15, 0.2) is 0 Å². The van der Waals surface area contributed by atoms with Gasteiger partial charge in [-0.3, -0.25) is 0 Å².